The summed E-state index contributed by atoms with van der Waals surface area (Å²) in [5.74, 6) is 3.42. The van der Waals surface area contributed by atoms with Crippen molar-refractivity contribution in [2.75, 3.05) is 40.1 Å². The van der Waals surface area contributed by atoms with Gasteiger partial charge in [-0.15, -0.1) is 0 Å². The Kier molecular flexibility index (Phi) is 12.0. The van der Waals surface area contributed by atoms with Crippen molar-refractivity contribution in [3.8, 4) is 0 Å². The second-order valence-electron chi connectivity index (χ2n) is 13.4. The van der Waals surface area contributed by atoms with Gasteiger partial charge in [-0.2, -0.15) is 9.97 Å². The maximum Gasteiger partial charge on any atom is 0.227 e. The number of nitrogens with one attached hydrogen (secondary N) is 2. The molecular weight excluding hydrogens is 653 g/mol. The zero-order valence-electron chi connectivity index (χ0n) is 30.5. The van der Waals surface area contributed by atoms with Crippen LogP contribution in [0.1, 0.15) is 49.3 Å². The quantitative estimate of drug-likeness (QED) is 0.130. The molecule has 0 amide bonds. The lowest BCUT2D eigenvalue weighted by Gasteiger charge is -2.30. The van der Waals surface area contributed by atoms with Crippen LogP contribution in [0.5, 0.6) is 0 Å². The molecule has 8 rings (SSSR count). The van der Waals surface area contributed by atoms with Crippen molar-refractivity contribution in [1.29, 1.82) is 0 Å². The van der Waals surface area contributed by atoms with Crippen LogP contribution in [0.15, 0.2) is 140 Å². The molecule has 8 heteroatoms. The van der Waals surface area contributed by atoms with E-state index in [1.54, 1.807) is 0 Å². The first-order valence-electron chi connectivity index (χ1n) is 18.9. The normalized spacial score (nSPS) is 12.6. The number of piperidine rings is 1. The molecule has 53 heavy (non-hydrogen) atoms. The van der Waals surface area contributed by atoms with Gasteiger partial charge in [0.15, 0.2) is 0 Å². The Bertz CT molecular complexity index is 2130. The molecule has 0 atom stereocenters. The molecule has 0 unspecified atom stereocenters. The van der Waals surface area contributed by atoms with Gasteiger partial charge in [0.05, 0.1) is 11.0 Å². The van der Waals surface area contributed by atoms with Gasteiger partial charge in [0.1, 0.15) is 11.6 Å². The molecule has 5 aromatic carbocycles. The van der Waals surface area contributed by atoms with Crippen molar-refractivity contribution in [2.24, 2.45) is 0 Å². The molecule has 2 aromatic heterocycles. The average Bonchev–Trinajstić information content (AvgIpc) is 3.23. The maximum absolute atomic E-state index is 5.16. The molecule has 0 spiro atoms. The van der Waals surface area contributed by atoms with Crippen molar-refractivity contribution in [3.05, 3.63) is 156 Å². The lowest BCUT2D eigenvalue weighted by Crippen LogP contribution is -2.32. The summed E-state index contributed by atoms with van der Waals surface area (Å²) >= 11 is 0. The molecule has 8 nitrogen and oxygen atoms in total. The lowest BCUT2D eigenvalue weighted by atomic mass is 10.1. The number of hydrogen-bond donors (Lipinski definition) is 2. The minimum atomic E-state index is 0.677. The molecule has 0 saturated carbocycles. The third kappa shape index (κ3) is 9.46. The van der Waals surface area contributed by atoms with E-state index in [1.165, 1.54) is 36.0 Å². The summed E-state index contributed by atoms with van der Waals surface area (Å²) in [6, 6.07) is 48.1. The smallest absolute Gasteiger partial charge is 0.227 e. The Labute approximate surface area is 313 Å². The SMILES string of the molecule is CCCNc1nc(NCc2ccccc2)c2ccccc2n1.c1ccc(CN(Cc2ccccc2)c2nc(N3CCCCC3)nc3ccccc23)cc1. The van der Waals surface area contributed by atoms with Crippen LogP contribution < -0.4 is 20.4 Å². The predicted octanol–water partition coefficient (Wildman–Crippen LogP) is 9.89. The third-order valence-electron chi connectivity index (χ3n) is 9.38. The summed E-state index contributed by atoms with van der Waals surface area (Å²) in [4.78, 5) is 24.0. The Morgan fingerprint density at radius 1 is 0.547 bits per heavy atom. The molecule has 268 valence electrons. The second-order valence-corrected chi connectivity index (χ2v) is 13.4. The number of rotatable bonds is 12. The van der Waals surface area contributed by atoms with Crippen LogP contribution in [0, 0.1) is 0 Å². The molecule has 0 bridgehead atoms. The van der Waals surface area contributed by atoms with Crippen molar-refractivity contribution in [2.45, 2.75) is 52.2 Å². The fourth-order valence-electron chi connectivity index (χ4n) is 6.65. The van der Waals surface area contributed by atoms with Gasteiger partial charge in [-0.3, -0.25) is 0 Å². The van der Waals surface area contributed by atoms with E-state index in [2.05, 4.69) is 134 Å². The highest BCUT2D eigenvalue weighted by atomic mass is 15.3. The van der Waals surface area contributed by atoms with Crippen LogP contribution in [0.3, 0.4) is 0 Å². The van der Waals surface area contributed by atoms with E-state index < -0.39 is 0 Å². The number of fused-ring (bicyclic) bond motifs is 2. The van der Waals surface area contributed by atoms with Crippen LogP contribution in [0.25, 0.3) is 21.8 Å². The molecule has 1 saturated heterocycles. The highest BCUT2D eigenvalue weighted by Crippen LogP contribution is 2.30. The van der Waals surface area contributed by atoms with E-state index >= 15 is 0 Å². The minimum Gasteiger partial charge on any atom is -0.365 e. The molecule has 0 radical (unpaired) electrons. The fraction of sp³-hybridized carbons (Fsp3) is 0.244. The molecule has 3 heterocycles. The highest BCUT2D eigenvalue weighted by Gasteiger charge is 2.20. The van der Waals surface area contributed by atoms with Gasteiger partial charge in [0.25, 0.3) is 0 Å². The van der Waals surface area contributed by atoms with Gasteiger partial charge in [0, 0.05) is 50.0 Å². The lowest BCUT2D eigenvalue weighted by molar-refractivity contribution is 0.568. The van der Waals surface area contributed by atoms with Crippen molar-refractivity contribution >= 4 is 45.3 Å². The molecule has 7 aromatic rings. The Hall–Kier alpha value is -6.02. The van der Waals surface area contributed by atoms with E-state index in [-0.39, 0.29) is 0 Å². The maximum atomic E-state index is 5.16. The van der Waals surface area contributed by atoms with E-state index in [0.717, 1.165) is 85.1 Å². The molecule has 0 aliphatic carbocycles. The van der Waals surface area contributed by atoms with Gasteiger partial charge in [-0.05, 0) is 66.6 Å². The monoisotopic (exact) mass is 700 g/mol. The van der Waals surface area contributed by atoms with E-state index in [0.29, 0.717) is 5.95 Å². The fourth-order valence-corrected chi connectivity index (χ4v) is 6.65. The second kappa shape index (κ2) is 18.0. The molecule has 1 aliphatic heterocycles. The zero-order valence-corrected chi connectivity index (χ0v) is 30.5. The van der Waals surface area contributed by atoms with Crippen LogP contribution in [-0.4, -0.2) is 39.6 Å². The van der Waals surface area contributed by atoms with E-state index in [4.69, 9.17) is 9.97 Å². The van der Waals surface area contributed by atoms with Crippen molar-refractivity contribution in [3.63, 3.8) is 0 Å². The van der Waals surface area contributed by atoms with Crippen LogP contribution in [0.4, 0.5) is 23.5 Å². The van der Waals surface area contributed by atoms with Gasteiger partial charge >= 0.3 is 0 Å². The molecule has 2 N–H and O–H groups in total. The standard InChI is InChI=1S/C27H28N4.C18H20N4/c1-4-12-22(13-5-1)20-31(21-23-14-6-2-7-15-23)26-24-16-8-9-17-25(24)28-27(29-26)30-18-10-3-11-19-30;1-2-12-19-18-21-16-11-7-6-10-15(16)17(22-18)20-13-14-8-4-3-5-9-14/h1-2,4-9,12-17H,3,10-11,18-21H2;3-11H,2,12-13H2,1H3,(H2,19,20,21,22). The molecule has 1 aliphatic rings. The third-order valence-corrected chi connectivity index (χ3v) is 9.38. The molecule has 1 fully saturated rings. The Balaban J connectivity index is 0.000000174. The average molecular weight is 701 g/mol. The summed E-state index contributed by atoms with van der Waals surface area (Å²) in [5, 5.41) is 8.84. The topological polar surface area (TPSA) is 82.1 Å². The van der Waals surface area contributed by atoms with E-state index in [1.807, 2.05) is 42.5 Å². The first kappa shape index (κ1) is 35.4. The summed E-state index contributed by atoms with van der Waals surface area (Å²) < 4.78 is 0. The highest BCUT2D eigenvalue weighted by molar-refractivity contribution is 5.91. The Morgan fingerprint density at radius 3 is 1.72 bits per heavy atom. The van der Waals surface area contributed by atoms with Crippen LogP contribution >= 0.6 is 0 Å². The minimum absolute atomic E-state index is 0.677. The number of para-hydroxylation sites is 2. The molecular formula is C45H48N8. The van der Waals surface area contributed by atoms with Gasteiger partial charge in [0.2, 0.25) is 11.9 Å². The van der Waals surface area contributed by atoms with Gasteiger partial charge in [-0.25, -0.2) is 9.97 Å². The van der Waals surface area contributed by atoms with Crippen LogP contribution in [0.2, 0.25) is 0 Å². The summed E-state index contributed by atoms with van der Waals surface area (Å²) in [6.07, 6.45) is 4.76. The number of aromatic nitrogens is 4. The summed E-state index contributed by atoms with van der Waals surface area (Å²) in [5.41, 5.74) is 5.75. The van der Waals surface area contributed by atoms with Gasteiger partial charge in [-0.1, -0.05) is 122 Å². The summed E-state index contributed by atoms with van der Waals surface area (Å²) in [6.45, 7) is 7.42. The number of hydrogen-bond acceptors (Lipinski definition) is 8. The van der Waals surface area contributed by atoms with E-state index in [9.17, 15) is 0 Å². The number of benzene rings is 5. The number of anilines is 4. The predicted molar refractivity (Wildman–Crippen MR) is 220 cm³/mol. The van der Waals surface area contributed by atoms with Crippen molar-refractivity contribution in [1.82, 2.24) is 19.9 Å². The summed E-state index contributed by atoms with van der Waals surface area (Å²) in [7, 11) is 0. The first-order chi connectivity index (χ1) is 26.2. The largest absolute Gasteiger partial charge is 0.365 e. The van der Waals surface area contributed by atoms with Crippen LogP contribution in [-0.2, 0) is 19.6 Å². The Morgan fingerprint density at radius 2 is 1.09 bits per heavy atom. The zero-order chi connectivity index (χ0) is 36.1. The first-order valence-corrected chi connectivity index (χ1v) is 18.9. The number of nitrogens with zero attached hydrogens (tertiary/aromatic N) is 6. The van der Waals surface area contributed by atoms with Crippen molar-refractivity contribution < 1.29 is 0 Å². The van der Waals surface area contributed by atoms with Gasteiger partial charge < -0.3 is 20.4 Å².